The van der Waals surface area contributed by atoms with Gasteiger partial charge < -0.3 is 34.1 Å². The van der Waals surface area contributed by atoms with Crippen molar-refractivity contribution in [2.24, 2.45) is 0 Å². The van der Waals surface area contributed by atoms with Crippen LogP contribution in [0.3, 0.4) is 0 Å². The van der Waals surface area contributed by atoms with Crippen LogP contribution in [0.4, 0.5) is 0 Å². The molecule has 0 aliphatic carbocycles. The average Bonchev–Trinajstić information content (AvgIpc) is 2.66. The predicted octanol–water partition coefficient (Wildman–Crippen LogP) is 3.35. The molecule has 182 valence electrons. The standard InChI is InChI=1S/C21H45NO6S2/c1-19(2)22-8-11-25-14-13-24-10-7-21(6,30-29-20(3,4)5)28-18-17-27-16-15-26-12-9-23/h19,22-23H,7-18H2,1-6H3. The molecule has 0 bridgehead atoms. The van der Waals surface area contributed by atoms with Crippen LogP contribution in [-0.2, 0) is 23.7 Å². The van der Waals surface area contributed by atoms with Gasteiger partial charge in [-0.15, -0.1) is 0 Å². The SMILES string of the molecule is CC(C)NCCOCCOCCC(C)(OCCOCCOCCO)SSC(C)(C)C. The number of rotatable bonds is 21. The van der Waals surface area contributed by atoms with E-state index in [-0.39, 0.29) is 16.3 Å². The van der Waals surface area contributed by atoms with Crippen molar-refractivity contribution in [2.45, 2.75) is 63.7 Å². The van der Waals surface area contributed by atoms with E-state index < -0.39 is 0 Å². The van der Waals surface area contributed by atoms with Crippen LogP contribution in [0.2, 0.25) is 0 Å². The third-order valence-electron chi connectivity index (χ3n) is 3.58. The summed E-state index contributed by atoms with van der Waals surface area (Å²) in [5.41, 5.74) is 0. The van der Waals surface area contributed by atoms with E-state index in [9.17, 15) is 0 Å². The van der Waals surface area contributed by atoms with E-state index >= 15 is 0 Å². The van der Waals surface area contributed by atoms with E-state index in [0.29, 0.717) is 65.5 Å². The van der Waals surface area contributed by atoms with Crippen LogP contribution in [-0.4, -0.2) is 93.4 Å². The summed E-state index contributed by atoms with van der Waals surface area (Å²) in [4.78, 5) is -0.350. The molecule has 9 heteroatoms. The Morgan fingerprint density at radius 1 is 0.733 bits per heavy atom. The Kier molecular flexibility index (Phi) is 19.2. The number of nitrogens with one attached hydrogen (secondary N) is 1. The molecule has 7 nitrogen and oxygen atoms in total. The number of aliphatic hydroxyl groups excluding tert-OH is 1. The van der Waals surface area contributed by atoms with Gasteiger partial charge in [-0.05, 0) is 6.92 Å². The van der Waals surface area contributed by atoms with Gasteiger partial charge in [-0.3, -0.25) is 0 Å². The fraction of sp³-hybridized carbons (Fsp3) is 1.00. The first-order valence-corrected chi connectivity index (χ1v) is 13.0. The Morgan fingerprint density at radius 3 is 1.83 bits per heavy atom. The Hall–Kier alpha value is 0.420. The molecule has 0 saturated carbocycles. The zero-order valence-corrected chi connectivity index (χ0v) is 21.5. The summed E-state index contributed by atoms with van der Waals surface area (Å²) >= 11 is 0. The minimum Gasteiger partial charge on any atom is -0.394 e. The Labute approximate surface area is 192 Å². The summed E-state index contributed by atoms with van der Waals surface area (Å²) in [5, 5.41) is 12.0. The monoisotopic (exact) mass is 471 g/mol. The number of ether oxygens (including phenoxy) is 5. The summed E-state index contributed by atoms with van der Waals surface area (Å²) < 4.78 is 28.3. The van der Waals surface area contributed by atoms with E-state index in [1.165, 1.54) is 0 Å². The van der Waals surface area contributed by atoms with Gasteiger partial charge in [-0.25, -0.2) is 0 Å². The van der Waals surface area contributed by atoms with Gasteiger partial charge in [-0.2, -0.15) is 0 Å². The molecule has 1 unspecified atom stereocenters. The smallest absolute Gasteiger partial charge is 0.123 e. The number of hydrogen-bond acceptors (Lipinski definition) is 9. The highest BCUT2D eigenvalue weighted by molar-refractivity contribution is 8.77. The Bertz CT molecular complexity index is 385. The Balaban J connectivity index is 4.02. The van der Waals surface area contributed by atoms with Gasteiger partial charge in [0.25, 0.3) is 0 Å². The number of aliphatic hydroxyl groups is 1. The molecular weight excluding hydrogens is 426 g/mol. The van der Waals surface area contributed by atoms with Crippen LogP contribution >= 0.6 is 21.6 Å². The summed E-state index contributed by atoms with van der Waals surface area (Å²) in [6, 6.07) is 0.482. The maximum absolute atomic E-state index is 8.67. The molecule has 0 rings (SSSR count). The average molecular weight is 472 g/mol. The molecule has 1 atom stereocenters. The molecular formula is C21H45NO6S2. The quantitative estimate of drug-likeness (QED) is 0.149. The summed E-state index contributed by atoms with van der Waals surface area (Å²) in [6.07, 6.45) is 0.787. The highest BCUT2D eigenvalue weighted by atomic mass is 33.1. The van der Waals surface area contributed by atoms with Crippen molar-refractivity contribution in [3.05, 3.63) is 0 Å². The molecule has 0 spiro atoms. The summed E-state index contributed by atoms with van der Waals surface area (Å²) in [5.74, 6) is 0. The first-order valence-electron chi connectivity index (χ1n) is 10.8. The van der Waals surface area contributed by atoms with Gasteiger partial charge in [0.2, 0.25) is 0 Å². The molecule has 2 N–H and O–H groups in total. The zero-order chi connectivity index (χ0) is 22.7. The lowest BCUT2D eigenvalue weighted by molar-refractivity contribution is -0.0345. The minimum atomic E-state index is -0.350. The second kappa shape index (κ2) is 18.9. The second-order valence-corrected chi connectivity index (χ2v) is 11.7. The molecule has 0 radical (unpaired) electrons. The summed E-state index contributed by atoms with van der Waals surface area (Å²) in [6.45, 7) is 18.7. The van der Waals surface area contributed by atoms with Crippen molar-refractivity contribution in [1.82, 2.24) is 5.32 Å². The van der Waals surface area contributed by atoms with Crippen LogP contribution in [0.15, 0.2) is 0 Å². The van der Waals surface area contributed by atoms with Crippen LogP contribution in [0.25, 0.3) is 0 Å². The normalized spacial score (nSPS) is 14.4. The van der Waals surface area contributed by atoms with Crippen molar-refractivity contribution >= 4 is 21.6 Å². The predicted molar refractivity (Wildman–Crippen MR) is 127 cm³/mol. The Morgan fingerprint density at radius 2 is 1.27 bits per heavy atom. The summed E-state index contributed by atoms with van der Waals surface area (Å²) in [7, 11) is 3.57. The molecule has 0 fully saturated rings. The molecule has 0 aliphatic rings. The molecule has 30 heavy (non-hydrogen) atoms. The lowest BCUT2D eigenvalue weighted by Gasteiger charge is -2.31. The fourth-order valence-electron chi connectivity index (χ4n) is 2.05. The maximum Gasteiger partial charge on any atom is 0.123 e. The van der Waals surface area contributed by atoms with Gasteiger partial charge in [0.05, 0.1) is 66.1 Å². The van der Waals surface area contributed by atoms with Crippen molar-refractivity contribution < 1.29 is 28.8 Å². The third-order valence-corrected chi connectivity index (χ3v) is 7.65. The first kappa shape index (κ1) is 30.4. The van der Waals surface area contributed by atoms with Crippen LogP contribution in [0.5, 0.6) is 0 Å². The van der Waals surface area contributed by atoms with Gasteiger partial charge in [0, 0.05) is 23.8 Å². The highest BCUT2D eigenvalue weighted by Gasteiger charge is 2.29. The van der Waals surface area contributed by atoms with Gasteiger partial charge in [0.15, 0.2) is 0 Å². The largest absolute Gasteiger partial charge is 0.394 e. The van der Waals surface area contributed by atoms with Crippen molar-refractivity contribution in [3.8, 4) is 0 Å². The first-order chi connectivity index (χ1) is 14.2. The van der Waals surface area contributed by atoms with E-state index in [1.54, 1.807) is 10.8 Å². The second-order valence-electron chi connectivity index (χ2n) is 8.29. The number of hydrogen-bond donors (Lipinski definition) is 2. The van der Waals surface area contributed by atoms with E-state index in [2.05, 4.69) is 46.9 Å². The van der Waals surface area contributed by atoms with Crippen LogP contribution in [0.1, 0.15) is 48.0 Å². The highest BCUT2D eigenvalue weighted by Crippen LogP contribution is 2.45. The molecule has 0 amide bonds. The molecule has 0 heterocycles. The van der Waals surface area contributed by atoms with Crippen LogP contribution in [0, 0.1) is 0 Å². The van der Waals surface area contributed by atoms with Crippen LogP contribution < -0.4 is 5.32 Å². The van der Waals surface area contributed by atoms with Gasteiger partial charge in [0.1, 0.15) is 4.93 Å². The molecule has 0 aromatic heterocycles. The van der Waals surface area contributed by atoms with E-state index in [1.807, 2.05) is 10.8 Å². The fourth-order valence-corrected chi connectivity index (χ4v) is 4.45. The maximum atomic E-state index is 8.67. The minimum absolute atomic E-state index is 0.0354. The van der Waals surface area contributed by atoms with Gasteiger partial charge >= 0.3 is 0 Å². The lowest BCUT2D eigenvalue weighted by Crippen LogP contribution is -2.29. The van der Waals surface area contributed by atoms with Crippen molar-refractivity contribution in [2.75, 3.05) is 72.6 Å². The van der Waals surface area contributed by atoms with Crippen molar-refractivity contribution in [1.29, 1.82) is 0 Å². The third kappa shape index (κ3) is 21.6. The van der Waals surface area contributed by atoms with E-state index in [4.69, 9.17) is 28.8 Å². The lowest BCUT2D eigenvalue weighted by atomic mass is 10.3. The molecule has 0 aromatic carbocycles. The zero-order valence-electron chi connectivity index (χ0n) is 19.9. The molecule has 0 saturated heterocycles. The van der Waals surface area contributed by atoms with Crippen molar-refractivity contribution in [3.63, 3.8) is 0 Å². The molecule has 0 aliphatic heterocycles. The van der Waals surface area contributed by atoms with Gasteiger partial charge in [-0.1, -0.05) is 56.2 Å². The molecule has 0 aromatic rings. The topological polar surface area (TPSA) is 78.4 Å². The van der Waals surface area contributed by atoms with E-state index in [0.717, 1.165) is 13.0 Å².